The first-order chi connectivity index (χ1) is 10.1. The first-order valence-corrected chi connectivity index (χ1v) is 7.64. The maximum Gasteiger partial charge on any atom is 0.326 e. The maximum atomic E-state index is 12.5. The molecule has 2 aliphatic heterocycles. The number of carbonyl (C=O) groups excluding carboxylic acids is 2. The maximum absolute atomic E-state index is 12.5. The predicted molar refractivity (Wildman–Crippen MR) is 73.6 cm³/mol. The van der Waals surface area contributed by atoms with Crippen molar-refractivity contribution in [3.8, 4) is 0 Å². The summed E-state index contributed by atoms with van der Waals surface area (Å²) in [5.74, 6) is -0.707. The number of rotatable bonds is 2. The minimum atomic E-state index is -0.930. The normalized spacial score (nSPS) is 35.2. The van der Waals surface area contributed by atoms with Crippen LogP contribution in [0.4, 0.5) is 4.79 Å². The molecule has 0 aromatic carbocycles. The van der Waals surface area contributed by atoms with Crippen molar-refractivity contribution in [3.63, 3.8) is 0 Å². The average molecular weight is 295 g/mol. The van der Waals surface area contributed by atoms with Gasteiger partial charge in [0.05, 0.1) is 6.04 Å². The number of hydrogen-bond donors (Lipinski definition) is 3. The first-order valence-electron chi connectivity index (χ1n) is 7.64. The molecule has 1 aliphatic carbocycles. The third kappa shape index (κ3) is 2.69. The highest BCUT2D eigenvalue weighted by Gasteiger charge is 2.48. The van der Waals surface area contributed by atoms with E-state index in [0.717, 1.165) is 25.7 Å². The van der Waals surface area contributed by atoms with Crippen molar-refractivity contribution in [1.82, 2.24) is 15.5 Å². The summed E-state index contributed by atoms with van der Waals surface area (Å²) in [4.78, 5) is 36.7. The average Bonchev–Trinajstić information content (AvgIpc) is 3.02. The molecule has 2 heterocycles. The van der Waals surface area contributed by atoms with Crippen LogP contribution in [0.1, 0.15) is 38.5 Å². The number of nitrogens with one attached hydrogen (secondary N) is 2. The second-order valence-electron chi connectivity index (χ2n) is 6.26. The standard InChI is InChI=1S/C14H21N3O4/c18-12-6-9(7-15-12)16-14(21)17-10-4-2-1-3-8(10)5-11(17)13(19)20/h8-11H,1-7H2,(H,15,18)(H,16,21)(H,19,20). The largest absolute Gasteiger partial charge is 0.480 e. The molecule has 0 spiro atoms. The van der Waals surface area contributed by atoms with E-state index in [-0.39, 0.29) is 30.4 Å². The van der Waals surface area contributed by atoms with Crippen molar-refractivity contribution in [2.24, 2.45) is 5.92 Å². The number of amides is 3. The van der Waals surface area contributed by atoms with Crippen molar-refractivity contribution in [2.75, 3.05) is 6.54 Å². The third-order valence-corrected chi connectivity index (χ3v) is 4.91. The van der Waals surface area contributed by atoms with E-state index in [4.69, 9.17) is 0 Å². The lowest BCUT2D eigenvalue weighted by molar-refractivity contribution is -0.141. The van der Waals surface area contributed by atoms with Gasteiger partial charge in [-0.3, -0.25) is 4.79 Å². The van der Waals surface area contributed by atoms with Crippen LogP contribution in [0.5, 0.6) is 0 Å². The van der Waals surface area contributed by atoms with Crippen LogP contribution in [0.3, 0.4) is 0 Å². The van der Waals surface area contributed by atoms with E-state index in [9.17, 15) is 19.5 Å². The van der Waals surface area contributed by atoms with Gasteiger partial charge in [-0.25, -0.2) is 9.59 Å². The van der Waals surface area contributed by atoms with Crippen molar-refractivity contribution in [1.29, 1.82) is 0 Å². The summed E-state index contributed by atoms with van der Waals surface area (Å²) in [6, 6.07) is -1.27. The van der Waals surface area contributed by atoms with Crippen molar-refractivity contribution < 1.29 is 19.5 Å². The predicted octanol–water partition coefficient (Wildman–Crippen LogP) is 0.302. The van der Waals surface area contributed by atoms with Gasteiger partial charge in [0, 0.05) is 19.0 Å². The smallest absolute Gasteiger partial charge is 0.326 e. The Kier molecular flexibility index (Phi) is 3.73. The van der Waals surface area contributed by atoms with E-state index in [1.54, 1.807) is 0 Å². The van der Waals surface area contributed by atoms with Crippen LogP contribution in [-0.2, 0) is 9.59 Å². The molecule has 0 radical (unpaired) electrons. The van der Waals surface area contributed by atoms with Crippen LogP contribution in [0.25, 0.3) is 0 Å². The molecule has 116 valence electrons. The summed E-state index contributed by atoms with van der Waals surface area (Å²) in [5, 5.41) is 14.9. The highest BCUT2D eigenvalue weighted by Crippen LogP contribution is 2.39. The van der Waals surface area contributed by atoms with Crippen LogP contribution in [0.15, 0.2) is 0 Å². The number of likely N-dealkylation sites (tertiary alicyclic amines) is 1. The fourth-order valence-corrected chi connectivity index (χ4v) is 3.93. The molecule has 3 N–H and O–H groups in total. The molecule has 3 aliphatic rings. The minimum Gasteiger partial charge on any atom is -0.480 e. The fourth-order valence-electron chi connectivity index (χ4n) is 3.93. The molecule has 3 amide bonds. The molecule has 0 aromatic rings. The Balaban J connectivity index is 1.71. The fraction of sp³-hybridized carbons (Fsp3) is 0.786. The number of urea groups is 1. The Morgan fingerprint density at radius 1 is 1.29 bits per heavy atom. The molecule has 4 atom stereocenters. The summed E-state index contributed by atoms with van der Waals surface area (Å²) < 4.78 is 0. The van der Waals surface area contributed by atoms with E-state index in [0.29, 0.717) is 18.9 Å². The number of carboxylic acid groups (broad SMARTS) is 1. The zero-order valence-corrected chi connectivity index (χ0v) is 11.9. The number of nitrogens with zero attached hydrogens (tertiary/aromatic N) is 1. The monoisotopic (exact) mass is 295 g/mol. The van der Waals surface area contributed by atoms with Gasteiger partial charge in [-0.1, -0.05) is 12.8 Å². The molecule has 1 saturated carbocycles. The molecule has 7 heteroatoms. The van der Waals surface area contributed by atoms with E-state index in [1.807, 2.05) is 0 Å². The SMILES string of the molecule is O=C1CC(NC(=O)N2C(C(=O)O)CC3CCCCC32)CN1. The van der Waals surface area contributed by atoms with Gasteiger partial charge in [0.1, 0.15) is 6.04 Å². The Hall–Kier alpha value is -1.79. The van der Waals surface area contributed by atoms with Crippen LogP contribution >= 0.6 is 0 Å². The quantitative estimate of drug-likeness (QED) is 0.682. The topological polar surface area (TPSA) is 98.7 Å². The molecule has 3 fully saturated rings. The second kappa shape index (κ2) is 5.54. The number of hydrogen-bond acceptors (Lipinski definition) is 3. The Morgan fingerprint density at radius 3 is 2.71 bits per heavy atom. The lowest BCUT2D eigenvalue weighted by Crippen LogP contribution is -2.53. The van der Waals surface area contributed by atoms with Gasteiger partial charge in [-0.2, -0.15) is 0 Å². The lowest BCUT2D eigenvalue weighted by atomic mass is 9.85. The van der Waals surface area contributed by atoms with Gasteiger partial charge in [0.25, 0.3) is 0 Å². The van der Waals surface area contributed by atoms with Crippen molar-refractivity contribution in [2.45, 2.75) is 56.7 Å². The number of fused-ring (bicyclic) bond motifs is 1. The summed E-state index contributed by atoms with van der Waals surface area (Å²) in [5.41, 5.74) is 0. The lowest BCUT2D eigenvalue weighted by Gasteiger charge is -2.33. The zero-order valence-electron chi connectivity index (χ0n) is 11.9. The van der Waals surface area contributed by atoms with E-state index in [1.165, 1.54) is 4.90 Å². The van der Waals surface area contributed by atoms with Crippen LogP contribution in [0, 0.1) is 5.92 Å². The van der Waals surface area contributed by atoms with Crippen molar-refractivity contribution >= 4 is 17.9 Å². The minimum absolute atomic E-state index is 0.0323. The highest BCUT2D eigenvalue weighted by molar-refractivity contribution is 5.85. The van der Waals surface area contributed by atoms with E-state index in [2.05, 4.69) is 10.6 Å². The van der Waals surface area contributed by atoms with E-state index < -0.39 is 12.0 Å². The highest BCUT2D eigenvalue weighted by atomic mass is 16.4. The molecule has 3 rings (SSSR count). The van der Waals surface area contributed by atoms with Gasteiger partial charge >= 0.3 is 12.0 Å². The summed E-state index contributed by atoms with van der Waals surface area (Å²) in [7, 11) is 0. The van der Waals surface area contributed by atoms with Gasteiger partial charge < -0.3 is 20.6 Å². The molecule has 7 nitrogen and oxygen atoms in total. The summed E-state index contributed by atoms with van der Waals surface area (Å²) in [6.07, 6.45) is 4.86. The first kappa shape index (κ1) is 14.2. The molecular formula is C14H21N3O4. The summed E-state index contributed by atoms with van der Waals surface area (Å²) >= 11 is 0. The third-order valence-electron chi connectivity index (χ3n) is 4.91. The molecule has 0 aromatic heterocycles. The van der Waals surface area contributed by atoms with Crippen LogP contribution in [-0.4, -0.2) is 52.6 Å². The van der Waals surface area contributed by atoms with Crippen LogP contribution in [0.2, 0.25) is 0 Å². The number of aliphatic carboxylic acids is 1. The Morgan fingerprint density at radius 2 is 2.05 bits per heavy atom. The van der Waals surface area contributed by atoms with Gasteiger partial charge in [0.15, 0.2) is 0 Å². The van der Waals surface area contributed by atoms with Crippen molar-refractivity contribution in [3.05, 3.63) is 0 Å². The molecular weight excluding hydrogens is 274 g/mol. The Bertz CT molecular complexity index is 467. The second-order valence-corrected chi connectivity index (χ2v) is 6.26. The van der Waals surface area contributed by atoms with Gasteiger partial charge in [-0.05, 0) is 25.2 Å². The number of carboxylic acids is 1. The van der Waals surface area contributed by atoms with Gasteiger partial charge in [-0.15, -0.1) is 0 Å². The molecule has 21 heavy (non-hydrogen) atoms. The van der Waals surface area contributed by atoms with Crippen LogP contribution < -0.4 is 10.6 Å². The zero-order chi connectivity index (χ0) is 15.0. The summed E-state index contributed by atoms with van der Waals surface area (Å²) in [6.45, 7) is 0.421. The van der Waals surface area contributed by atoms with Gasteiger partial charge in [0.2, 0.25) is 5.91 Å². The Labute approximate surface area is 123 Å². The molecule has 2 saturated heterocycles. The molecule has 4 unspecified atom stereocenters. The molecule has 0 bridgehead atoms. The van der Waals surface area contributed by atoms with E-state index >= 15 is 0 Å². The number of carbonyl (C=O) groups is 3.